The SMILES string of the molecule is Cl.Cl.N#Cc1cc(F)c(Cl)c(-c2csc(N)n2)c1OC1CNC1. The van der Waals surface area contributed by atoms with Gasteiger partial charge in [0.15, 0.2) is 5.13 Å². The van der Waals surface area contributed by atoms with Crippen molar-refractivity contribution in [2.24, 2.45) is 0 Å². The zero-order chi connectivity index (χ0) is 15.0. The van der Waals surface area contributed by atoms with Crippen LogP contribution in [0, 0.1) is 17.1 Å². The van der Waals surface area contributed by atoms with Crippen molar-refractivity contribution in [3.8, 4) is 23.1 Å². The van der Waals surface area contributed by atoms with Crippen LogP contribution in [-0.2, 0) is 0 Å². The van der Waals surface area contributed by atoms with Gasteiger partial charge in [-0.3, -0.25) is 0 Å². The first-order valence-corrected chi connectivity index (χ1v) is 7.36. The molecule has 1 aliphatic rings. The van der Waals surface area contributed by atoms with Gasteiger partial charge in [0.05, 0.1) is 21.8 Å². The molecule has 0 spiro atoms. The highest BCUT2D eigenvalue weighted by atomic mass is 35.5. The van der Waals surface area contributed by atoms with E-state index in [1.807, 2.05) is 6.07 Å². The highest BCUT2D eigenvalue weighted by Gasteiger charge is 2.26. The Labute approximate surface area is 153 Å². The number of nitrogen functional groups attached to an aromatic ring is 1. The molecule has 1 saturated heterocycles. The van der Waals surface area contributed by atoms with E-state index in [2.05, 4.69) is 10.3 Å². The van der Waals surface area contributed by atoms with E-state index in [0.717, 1.165) is 6.07 Å². The summed E-state index contributed by atoms with van der Waals surface area (Å²) in [6.45, 7) is 1.33. The quantitative estimate of drug-likeness (QED) is 0.830. The summed E-state index contributed by atoms with van der Waals surface area (Å²) in [5.74, 6) is -0.436. The van der Waals surface area contributed by atoms with Crippen molar-refractivity contribution in [2.45, 2.75) is 6.10 Å². The second-order valence-electron chi connectivity index (χ2n) is 4.50. The van der Waals surface area contributed by atoms with E-state index in [1.165, 1.54) is 11.3 Å². The fourth-order valence-corrected chi connectivity index (χ4v) is 2.75. The van der Waals surface area contributed by atoms with Crippen molar-refractivity contribution < 1.29 is 9.13 Å². The van der Waals surface area contributed by atoms with Crippen LogP contribution in [0.3, 0.4) is 0 Å². The third kappa shape index (κ3) is 3.79. The summed E-state index contributed by atoms with van der Waals surface area (Å²) in [6, 6.07) is 3.01. The number of nitriles is 1. The smallest absolute Gasteiger partial charge is 0.180 e. The number of halogens is 4. The highest BCUT2D eigenvalue weighted by molar-refractivity contribution is 7.13. The van der Waals surface area contributed by atoms with Gasteiger partial charge in [-0.2, -0.15) is 5.26 Å². The maximum Gasteiger partial charge on any atom is 0.180 e. The van der Waals surface area contributed by atoms with Crippen LogP contribution >= 0.6 is 47.8 Å². The highest BCUT2D eigenvalue weighted by Crippen LogP contribution is 2.41. The first-order valence-electron chi connectivity index (χ1n) is 6.11. The number of ether oxygens (including phenoxy) is 1. The Morgan fingerprint density at radius 1 is 1.48 bits per heavy atom. The number of thiazole rings is 1. The summed E-state index contributed by atoms with van der Waals surface area (Å²) < 4.78 is 19.7. The number of hydrogen-bond acceptors (Lipinski definition) is 6. The maximum absolute atomic E-state index is 13.9. The van der Waals surface area contributed by atoms with Crippen molar-refractivity contribution in [2.75, 3.05) is 18.8 Å². The number of benzene rings is 1. The normalized spacial score (nSPS) is 13.3. The number of rotatable bonds is 3. The molecule has 0 saturated carbocycles. The van der Waals surface area contributed by atoms with Gasteiger partial charge in [-0.25, -0.2) is 9.37 Å². The molecule has 3 N–H and O–H groups in total. The molecular formula is C13H12Cl3FN4OS. The van der Waals surface area contributed by atoms with Gasteiger partial charge in [-0.1, -0.05) is 11.6 Å². The summed E-state index contributed by atoms with van der Waals surface area (Å²) in [5.41, 5.74) is 6.38. The molecule has 0 radical (unpaired) electrons. The Bertz CT molecular complexity index is 746. The summed E-state index contributed by atoms with van der Waals surface area (Å²) >= 11 is 7.27. The molecule has 1 aromatic carbocycles. The zero-order valence-electron chi connectivity index (χ0n) is 11.5. The Hall–Kier alpha value is -1.30. The van der Waals surface area contributed by atoms with Gasteiger partial charge in [-0.15, -0.1) is 36.2 Å². The predicted molar refractivity (Wildman–Crippen MR) is 93.4 cm³/mol. The zero-order valence-corrected chi connectivity index (χ0v) is 14.7. The molecule has 124 valence electrons. The molecule has 1 aliphatic heterocycles. The van der Waals surface area contributed by atoms with E-state index in [1.54, 1.807) is 5.38 Å². The number of nitrogens with one attached hydrogen (secondary N) is 1. The van der Waals surface area contributed by atoms with Gasteiger partial charge in [0.25, 0.3) is 0 Å². The van der Waals surface area contributed by atoms with Gasteiger partial charge in [0.2, 0.25) is 0 Å². The van der Waals surface area contributed by atoms with E-state index in [9.17, 15) is 9.65 Å². The molecule has 0 bridgehead atoms. The predicted octanol–water partition coefficient (Wildman–Crippen LogP) is 3.25. The third-order valence-electron chi connectivity index (χ3n) is 3.10. The Kier molecular flexibility index (Phi) is 6.86. The number of hydrogen-bond donors (Lipinski definition) is 2. The summed E-state index contributed by atoms with van der Waals surface area (Å²) in [6.07, 6.45) is -0.0756. The van der Waals surface area contributed by atoms with Crippen LogP contribution in [0.15, 0.2) is 11.4 Å². The second kappa shape index (κ2) is 7.99. The van der Waals surface area contributed by atoms with Crippen molar-refractivity contribution in [3.63, 3.8) is 0 Å². The Morgan fingerprint density at radius 3 is 2.65 bits per heavy atom. The van der Waals surface area contributed by atoms with Crippen LogP contribution in [0.5, 0.6) is 5.75 Å². The third-order valence-corrected chi connectivity index (χ3v) is 4.14. The molecule has 0 atom stereocenters. The minimum Gasteiger partial charge on any atom is -0.486 e. The minimum absolute atomic E-state index is 0. The van der Waals surface area contributed by atoms with E-state index < -0.39 is 5.82 Å². The van der Waals surface area contributed by atoms with Gasteiger partial charge in [-0.05, 0) is 6.07 Å². The molecule has 3 rings (SSSR count). The lowest BCUT2D eigenvalue weighted by Gasteiger charge is -2.29. The van der Waals surface area contributed by atoms with Gasteiger partial charge in [0.1, 0.15) is 23.7 Å². The molecule has 5 nitrogen and oxygen atoms in total. The number of aromatic nitrogens is 1. The van der Waals surface area contributed by atoms with Crippen molar-refractivity contribution in [1.29, 1.82) is 5.26 Å². The summed E-state index contributed by atoms with van der Waals surface area (Å²) in [5, 5.41) is 14.1. The Morgan fingerprint density at radius 2 is 2.17 bits per heavy atom. The van der Waals surface area contributed by atoms with E-state index in [0.29, 0.717) is 23.9 Å². The van der Waals surface area contributed by atoms with E-state index >= 15 is 0 Å². The van der Waals surface area contributed by atoms with Crippen LogP contribution in [0.1, 0.15) is 5.56 Å². The molecular weight excluding hydrogens is 386 g/mol. The molecule has 1 aromatic heterocycles. The van der Waals surface area contributed by atoms with Crippen LogP contribution in [-0.4, -0.2) is 24.2 Å². The lowest BCUT2D eigenvalue weighted by molar-refractivity contribution is 0.142. The molecule has 10 heteroatoms. The van der Waals surface area contributed by atoms with Crippen molar-refractivity contribution in [3.05, 3.63) is 27.8 Å². The summed E-state index contributed by atoms with van der Waals surface area (Å²) in [4.78, 5) is 4.11. The molecule has 23 heavy (non-hydrogen) atoms. The van der Waals surface area contributed by atoms with E-state index in [-0.39, 0.29) is 52.8 Å². The molecule has 2 heterocycles. The fourth-order valence-electron chi connectivity index (χ4n) is 1.96. The first kappa shape index (κ1) is 19.7. The lowest BCUT2D eigenvalue weighted by Crippen LogP contribution is -2.50. The molecule has 2 aromatic rings. The lowest BCUT2D eigenvalue weighted by atomic mass is 10.1. The molecule has 1 fully saturated rings. The van der Waals surface area contributed by atoms with Crippen LogP contribution in [0.25, 0.3) is 11.3 Å². The maximum atomic E-state index is 13.9. The molecule has 0 amide bonds. The Balaban J connectivity index is 0.00000132. The largest absolute Gasteiger partial charge is 0.486 e. The molecule has 0 unspecified atom stereocenters. The number of anilines is 1. The fraction of sp³-hybridized carbons (Fsp3) is 0.231. The first-order chi connectivity index (χ1) is 10.1. The van der Waals surface area contributed by atoms with Crippen LogP contribution in [0.4, 0.5) is 9.52 Å². The van der Waals surface area contributed by atoms with Crippen LogP contribution < -0.4 is 15.8 Å². The second-order valence-corrected chi connectivity index (χ2v) is 5.77. The van der Waals surface area contributed by atoms with Crippen molar-refractivity contribution >= 4 is 52.9 Å². The number of nitrogens with zero attached hydrogens (tertiary/aromatic N) is 2. The van der Waals surface area contributed by atoms with Crippen LogP contribution in [0.2, 0.25) is 5.02 Å². The molecule has 0 aliphatic carbocycles. The van der Waals surface area contributed by atoms with Gasteiger partial charge >= 0.3 is 0 Å². The topological polar surface area (TPSA) is 84.0 Å². The standard InChI is InChI=1S/C13H10ClFN4OS.2ClH/c14-11-8(15)1-6(2-16)12(20-7-3-18-4-7)10(11)9-5-21-13(17)19-9;;/h1,5,7,18H,3-4H2,(H2,17,19);2*1H. The van der Waals surface area contributed by atoms with E-state index in [4.69, 9.17) is 22.1 Å². The monoisotopic (exact) mass is 396 g/mol. The minimum atomic E-state index is -0.686. The van der Waals surface area contributed by atoms with Gasteiger partial charge in [0, 0.05) is 18.5 Å². The van der Waals surface area contributed by atoms with Crippen molar-refractivity contribution in [1.82, 2.24) is 10.3 Å². The summed E-state index contributed by atoms with van der Waals surface area (Å²) in [7, 11) is 0. The average Bonchev–Trinajstić information content (AvgIpc) is 2.83. The number of nitrogens with two attached hydrogens (primary N) is 1. The average molecular weight is 398 g/mol. The van der Waals surface area contributed by atoms with Gasteiger partial charge < -0.3 is 15.8 Å².